The summed E-state index contributed by atoms with van der Waals surface area (Å²) in [4.78, 5) is 11.6. The number of hydrogen-bond donors (Lipinski definition) is 1. The molecule has 0 heterocycles. The van der Waals surface area contributed by atoms with Gasteiger partial charge in [0.25, 0.3) is 0 Å². The van der Waals surface area contributed by atoms with Gasteiger partial charge in [-0.3, -0.25) is 0 Å². The summed E-state index contributed by atoms with van der Waals surface area (Å²) >= 11 is 0. The molecule has 0 aliphatic carbocycles. The minimum Gasteiger partial charge on any atom is -0.458 e. The first-order valence-corrected chi connectivity index (χ1v) is 7.09. The number of benzene rings is 1. The van der Waals surface area contributed by atoms with Crippen LogP contribution in [0.2, 0.25) is 0 Å². The molecule has 0 bridgehead atoms. The van der Waals surface area contributed by atoms with Crippen LogP contribution in [-0.2, 0) is 16.0 Å². The lowest BCUT2D eigenvalue weighted by Crippen LogP contribution is -2.21. The van der Waals surface area contributed by atoms with Crippen LogP contribution >= 0.6 is 0 Å². The van der Waals surface area contributed by atoms with Crippen molar-refractivity contribution in [1.29, 1.82) is 0 Å². The first kappa shape index (κ1) is 16.2. The predicted molar refractivity (Wildman–Crippen MR) is 79.1 cm³/mol. The normalized spacial score (nSPS) is 11.7. The maximum Gasteiger partial charge on any atom is 0.356 e. The number of ether oxygens (including phenoxy) is 1. The minimum absolute atomic E-state index is 0.110. The molecule has 0 saturated heterocycles. The second-order valence-electron chi connectivity index (χ2n) is 5.05. The van der Waals surface area contributed by atoms with Gasteiger partial charge in [-0.05, 0) is 38.7 Å². The Morgan fingerprint density at radius 3 is 2.50 bits per heavy atom. The fourth-order valence-corrected chi connectivity index (χ4v) is 1.92. The first-order valence-electron chi connectivity index (χ1n) is 7.09. The molecule has 4 heteroatoms. The SMILES string of the molecule is CC(C)OC(=O)C(CCCCCc1ccccc1)=NO. The largest absolute Gasteiger partial charge is 0.458 e. The van der Waals surface area contributed by atoms with Crippen molar-refractivity contribution in [2.24, 2.45) is 5.16 Å². The zero-order valence-corrected chi connectivity index (χ0v) is 12.2. The van der Waals surface area contributed by atoms with E-state index < -0.39 is 5.97 Å². The van der Waals surface area contributed by atoms with E-state index in [1.165, 1.54) is 5.56 Å². The Morgan fingerprint density at radius 2 is 1.90 bits per heavy atom. The van der Waals surface area contributed by atoms with Crippen molar-refractivity contribution in [3.05, 3.63) is 35.9 Å². The highest BCUT2D eigenvalue weighted by Gasteiger charge is 2.14. The molecule has 0 fully saturated rings. The van der Waals surface area contributed by atoms with Crippen LogP contribution in [0.25, 0.3) is 0 Å². The van der Waals surface area contributed by atoms with Gasteiger partial charge in [-0.25, -0.2) is 4.79 Å². The summed E-state index contributed by atoms with van der Waals surface area (Å²) in [7, 11) is 0. The third kappa shape index (κ3) is 6.36. The van der Waals surface area contributed by atoms with E-state index in [4.69, 9.17) is 9.94 Å². The smallest absolute Gasteiger partial charge is 0.356 e. The highest BCUT2D eigenvalue weighted by atomic mass is 16.5. The summed E-state index contributed by atoms with van der Waals surface area (Å²) < 4.78 is 5.00. The fourth-order valence-electron chi connectivity index (χ4n) is 1.92. The molecule has 0 atom stereocenters. The summed E-state index contributed by atoms with van der Waals surface area (Å²) in [6, 6.07) is 10.3. The third-order valence-electron chi connectivity index (χ3n) is 2.92. The molecule has 1 N–H and O–H groups in total. The summed E-state index contributed by atoms with van der Waals surface area (Å²) in [5.74, 6) is -0.523. The van der Waals surface area contributed by atoms with Gasteiger partial charge in [0, 0.05) is 6.42 Å². The molecule has 0 aliphatic heterocycles. The van der Waals surface area contributed by atoms with Gasteiger partial charge in [0.2, 0.25) is 0 Å². The number of unbranched alkanes of at least 4 members (excludes halogenated alkanes) is 2. The number of carbonyl (C=O) groups is 1. The molecular formula is C16H23NO3. The zero-order valence-electron chi connectivity index (χ0n) is 12.2. The Bertz CT molecular complexity index is 427. The molecule has 4 nitrogen and oxygen atoms in total. The number of nitrogens with zero attached hydrogens (tertiary/aromatic N) is 1. The molecule has 0 aliphatic rings. The number of rotatable bonds is 8. The molecule has 0 amide bonds. The Kier molecular flexibility index (Phi) is 7.40. The van der Waals surface area contributed by atoms with Crippen molar-refractivity contribution < 1.29 is 14.7 Å². The highest BCUT2D eigenvalue weighted by molar-refractivity contribution is 6.36. The molecule has 0 unspecified atom stereocenters. The maximum atomic E-state index is 11.6. The standard InChI is InChI=1S/C16H23NO3/c1-13(2)20-16(18)15(17-19)12-8-4-7-11-14-9-5-3-6-10-14/h3,5-6,9-10,13,19H,4,7-8,11-12H2,1-2H3. The van der Waals surface area contributed by atoms with Crippen LogP contribution in [0.1, 0.15) is 45.1 Å². The quantitative estimate of drug-likeness (QED) is 0.260. The van der Waals surface area contributed by atoms with E-state index in [0.717, 1.165) is 25.7 Å². The summed E-state index contributed by atoms with van der Waals surface area (Å²) in [5.41, 5.74) is 1.43. The van der Waals surface area contributed by atoms with Gasteiger partial charge in [-0.2, -0.15) is 0 Å². The van der Waals surface area contributed by atoms with Crippen LogP contribution in [0.5, 0.6) is 0 Å². The van der Waals surface area contributed by atoms with E-state index >= 15 is 0 Å². The Labute approximate surface area is 120 Å². The lowest BCUT2D eigenvalue weighted by Gasteiger charge is -2.08. The van der Waals surface area contributed by atoms with Crippen LogP contribution in [0.3, 0.4) is 0 Å². The summed E-state index contributed by atoms with van der Waals surface area (Å²) in [6.07, 6.45) is 4.15. The van der Waals surface area contributed by atoms with Crippen LogP contribution in [0, 0.1) is 0 Å². The molecule has 1 aromatic carbocycles. The number of oxime groups is 1. The molecule has 1 rings (SSSR count). The fraction of sp³-hybridized carbons (Fsp3) is 0.500. The van der Waals surface area contributed by atoms with E-state index in [2.05, 4.69) is 17.3 Å². The Hall–Kier alpha value is -1.84. The molecule has 0 saturated carbocycles. The van der Waals surface area contributed by atoms with Gasteiger partial charge in [-0.1, -0.05) is 41.9 Å². The second-order valence-corrected chi connectivity index (χ2v) is 5.05. The number of hydrogen-bond acceptors (Lipinski definition) is 4. The van der Waals surface area contributed by atoms with Crippen LogP contribution in [0.15, 0.2) is 35.5 Å². The average molecular weight is 277 g/mol. The van der Waals surface area contributed by atoms with Crippen LogP contribution in [0.4, 0.5) is 0 Å². The Balaban J connectivity index is 2.21. The second kappa shape index (κ2) is 9.13. The van der Waals surface area contributed by atoms with Crippen molar-refractivity contribution in [2.75, 3.05) is 0 Å². The van der Waals surface area contributed by atoms with Gasteiger partial charge in [0.15, 0.2) is 5.71 Å². The lowest BCUT2D eigenvalue weighted by molar-refractivity contribution is -0.139. The average Bonchev–Trinajstić information content (AvgIpc) is 2.43. The number of carbonyl (C=O) groups excluding carboxylic acids is 1. The van der Waals surface area contributed by atoms with Crippen molar-refractivity contribution in [1.82, 2.24) is 0 Å². The van der Waals surface area contributed by atoms with Crippen molar-refractivity contribution in [3.8, 4) is 0 Å². The number of aryl methyl sites for hydroxylation is 1. The van der Waals surface area contributed by atoms with E-state index in [-0.39, 0.29) is 11.8 Å². The topological polar surface area (TPSA) is 58.9 Å². The van der Waals surface area contributed by atoms with E-state index in [1.807, 2.05) is 18.2 Å². The molecule has 0 spiro atoms. The highest BCUT2D eigenvalue weighted by Crippen LogP contribution is 2.09. The van der Waals surface area contributed by atoms with Crippen molar-refractivity contribution >= 4 is 11.7 Å². The lowest BCUT2D eigenvalue weighted by atomic mass is 10.1. The zero-order chi connectivity index (χ0) is 14.8. The Morgan fingerprint density at radius 1 is 1.20 bits per heavy atom. The maximum absolute atomic E-state index is 11.6. The molecular weight excluding hydrogens is 254 g/mol. The van der Waals surface area contributed by atoms with Gasteiger partial charge in [-0.15, -0.1) is 0 Å². The van der Waals surface area contributed by atoms with Gasteiger partial charge >= 0.3 is 5.97 Å². The summed E-state index contributed by atoms with van der Waals surface area (Å²) in [6.45, 7) is 3.54. The van der Waals surface area contributed by atoms with Crippen LogP contribution < -0.4 is 0 Å². The van der Waals surface area contributed by atoms with Crippen molar-refractivity contribution in [3.63, 3.8) is 0 Å². The summed E-state index contributed by atoms with van der Waals surface area (Å²) in [5, 5.41) is 11.9. The molecule has 0 aromatic heterocycles. The predicted octanol–water partition coefficient (Wildman–Crippen LogP) is 3.57. The van der Waals surface area contributed by atoms with E-state index in [0.29, 0.717) is 6.42 Å². The minimum atomic E-state index is -0.523. The monoisotopic (exact) mass is 277 g/mol. The van der Waals surface area contributed by atoms with Gasteiger partial charge in [0.1, 0.15) is 0 Å². The molecule has 110 valence electrons. The first-order chi connectivity index (χ1) is 9.63. The molecule has 0 radical (unpaired) electrons. The van der Waals surface area contributed by atoms with E-state index in [1.54, 1.807) is 13.8 Å². The third-order valence-corrected chi connectivity index (χ3v) is 2.92. The number of esters is 1. The van der Waals surface area contributed by atoms with Crippen molar-refractivity contribution in [2.45, 2.75) is 52.1 Å². The molecule has 1 aromatic rings. The molecule has 20 heavy (non-hydrogen) atoms. The van der Waals surface area contributed by atoms with E-state index in [9.17, 15) is 4.79 Å². The van der Waals surface area contributed by atoms with Gasteiger partial charge < -0.3 is 9.94 Å². The van der Waals surface area contributed by atoms with Crippen LogP contribution in [-0.4, -0.2) is 23.0 Å². The van der Waals surface area contributed by atoms with Gasteiger partial charge in [0.05, 0.1) is 6.10 Å².